The Labute approximate surface area is 129 Å². The summed E-state index contributed by atoms with van der Waals surface area (Å²) in [5, 5.41) is 3.52. The van der Waals surface area contributed by atoms with Crippen molar-refractivity contribution in [2.24, 2.45) is 0 Å². The van der Waals surface area contributed by atoms with Crippen molar-refractivity contribution in [3.63, 3.8) is 0 Å². The number of benzene rings is 2. The van der Waals surface area contributed by atoms with E-state index in [9.17, 15) is 13.2 Å². The van der Waals surface area contributed by atoms with Gasteiger partial charge in [-0.1, -0.05) is 18.2 Å². The van der Waals surface area contributed by atoms with Crippen molar-refractivity contribution in [3.05, 3.63) is 60.2 Å². The van der Waals surface area contributed by atoms with Crippen molar-refractivity contribution in [1.82, 2.24) is 9.97 Å². The molecule has 0 spiro atoms. The second-order valence-electron chi connectivity index (χ2n) is 4.72. The molecule has 0 aliphatic rings. The second-order valence-corrected chi connectivity index (χ2v) is 4.72. The highest BCUT2D eigenvalue weighted by Gasteiger charge is 2.10. The minimum atomic E-state index is -2.90. The van der Waals surface area contributed by atoms with Gasteiger partial charge in [-0.3, -0.25) is 0 Å². The maximum absolute atomic E-state index is 13.4. The molecular weight excluding hydrogens is 307 g/mol. The lowest BCUT2D eigenvalue weighted by Crippen LogP contribution is -2.08. The highest BCUT2D eigenvalue weighted by molar-refractivity contribution is 5.88. The molecule has 2 aromatic carbocycles. The topological polar surface area (TPSA) is 47.0 Å². The molecule has 0 saturated heterocycles. The molecule has 0 fully saturated rings. The first-order chi connectivity index (χ1) is 11.1. The van der Waals surface area contributed by atoms with Crippen LogP contribution in [0, 0.1) is 5.82 Å². The Balaban J connectivity index is 1.86. The minimum absolute atomic E-state index is 0.0829. The van der Waals surface area contributed by atoms with Gasteiger partial charge in [-0.2, -0.15) is 8.78 Å². The molecule has 0 atom stereocenters. The van der Waals surface area contributed by atoms with Gasteiger partial charge in [0, 0.05) is 17.5 Å². The van der Waals surface area contributed by atoms with Gasteiger partial charge in [0.1, 0.15) is 23.7 Å². The summed E-state index contributed by atoms with van der Waals surface area (Å²) < 4.78 is 42.7. The van der Waals surface area contributed by atoms with Gasteiger partial charge >= 0.3 is 6.61 Å². The zero-order valence-electron chi connectivity index (χ0n) is 11.8. The maximum Gasteiger partial charge on any atom is 0.387 e. The van der Waals surface area contributed by atoms with E-state index in [1.165, 1.54) is 24.5 Å². The number of rotatable bonds is 5. The molecule has 23 heavy (non-hydrogen) atoms. The Morgan fingerprint density at radius 1 is 1.09 bits per heavy atom. The lowest BCUT2D eigenvalue weighted by Gasteiger charge is -2.12. The number of nitrogens with zero attached hydrogens (tertiary/aromatic N) is 2. The second kappa shape index (κ2) is 6.51. The molecule has 7 heteroatoms. The van der Waals surface area contributed by atoms with Crippen molar-refractivity contribution in [2.45, 2.75) is 13.2 Å². The van der Waals surface area contributed by atoms with Gasteiger partial charge in [-0.15, -0.1) is 0 Å². The number of fused-ring (bicyclic) bond motifs is 1. The number of ether oxygens (including phenoxy) is 1. The van der Waals surface area contributed by atoms with Gasteiger partial charge in [0.2, 0.25) is 0 Å². The maximum atomic E-state index is 13.4. The van der Waals surface area contributed by atoms with Gasteiger partial charge in [0.15, 0.2) is 0 Å². The molecule has 1 heterocycles. The number of hydrogen-bond acceptors (Lipinski definition) is 4. The van der Waals surface area contributed by atoms with Crippen LogP contribution in [0.25, 0.3) is 10.9 Å². The molecule has 3 rings (SSSR count). The summed E-state index contributed by atoms with van der Waals surface area (Å²) in [6.07, 6.45) is 1.35. The number of para-hydroxylation sites is 1. The molecule has 0 saturated carbocycles. The van der Waals surface area contributed by atoms with Gasteiger partial charge in [0.25, 0.3) is 0 Å². The van der Waals surface area contributed by atoms with Crippen LogP contribution in [-0.4, -0.2) is 16.6 Å². The fourth-order valence-electron chi connectivity index (χ4n) is 2.21. The normalized spacial score (nSPS) is 11.0. The Hall–Kier alpha value is -2.83. The first-order valence-electron chi connectivity index (χ1n) is 6.80. The molecule has 0 radical (unpaired) electrons. The van der Waals surface area contributed by atoms with Crippen LogP contribution in [0.2, 0.25) is 0 Å². The fraction of sp³-hybridized carbons (Fsp3) is 0.125. The summed E-state index contributed by atoms with van der Waals surface area (Å²) in [4.78, 5) is 8.13. The van der Waals surface area contributed by atoms with Crippen molar-refractivity contribution in [2.75, 3.05) is 5.32 Å². The van der Waals surface area contributed by atoms with Crippen LogP contribution in [0.3, 0.4) is 0 Å². The zero-order valence-corrected chi connectivity index (χ0v) is 11.8. The number of hydrogen-bond donors (Lipinski definition) is 1. The third-order valence-corrected chi connectivity index (χ3v) is 3.23. The summed E-state index contributed by atoms with van der Waals surface area (Å²) >= 11 is 0. The Bertz CT molecular complexity index is 827. The average Bonchev–Trinajstić information content (AvgIpc) is 2.53. The van der Waals surface area contributed by atoms with E-state index in [0.29, 0.717) is 22.3 Å². The molecule has 0 bridgehead atoms. The number of alkyl halides is 2. The van der Waals surface area contributed by atoms with E-state index in [4.69, 9.17) is 0 Å². The first-order valence-corrected chi connectivity index (χ1v) is 6.80. The number of aromatic nitrogens is 2. The predicted molar refractivity (Wildman–Crippen MR) is 79.9 cm³/mol. The molecule has 3 aromatic rings. The van der Waals surface area contributed by atoms with Crippen LogP contribution >= 0.6 is 0 Å². The van der Waals surface area contributed by atoms with Gasteiger partial charge < -0.3 is 10.1 Å². The quantitative estimate of drug-likeness (QED) is 0.772. The smallest absolute Gasteiger partial charge is 0.387 e. The molecule has 0 amide bonds. The molecule has 1 N–H and O–H groups in total. The SMILES string of the molecule is Fc1ccc2ncnc(NCc3ccccc3OC(F)F)c2c1. The van der Waals surface area contributed by atoms with E-state index in [1.807, 2.05) is 0 Å². The Morgan fingerprint density at radius 3 is 2.74 bits per heavy atom. The molecule has 0 unspecified atom stereocenters. The third-order valence-electron chi connectivity index (χ3n) is 3.23. The molecular formula is C16H12F3N3O. The zero-order chi connectivity index (χ0) is 16.2. The summed E-state index contributed by atoms with van der Waals surface area (Å²) in [5.74, 6) is 0.0951. The number of anilines is 1. The van der Waals surface area contributed by atoms with Crippen molar-refractivity contribution < 1.29 is 17.9 Å². The standard InChI is InChI=1S/C16H12F3N3O/c17-11-5-6-13-12(7-11)15(22-9-21-13)20-8-10-3-1-2-4-14(10)23-16(18)19/h1-7,9,16H,8H2,(H,20,21,22). The van der Waals surface area contributed by atoms with Crippen LogP contribution in [0.15, 0.2) is 48.8 Å². The first kappa shape index (κ1) is 15.1. The Morgan fingerprint density at radius 2 is 1.91 bits per heavy atom. The highest BCUT2D eigenvalue weighted by atomic mass is 19.3. The average molecular weight is 319 g/mol. The van der Waals surface area contributed by atoms with Crippen LogP contribution < -0.4 is 10.1 Å². The largest absolute Gasteiger partial charge is 0.434 e. The van der Waals surface area contributed by atoms with Crippen molar-refractivity contribution in [1.29, 1.82) is 0 Å². The van der Waals surface area contributed by atoms with E-state index in [0.717, 1.165) is 0 Å². The van der Waals surface area contributed by atoms with E-state index in [1.54, 1.807) is 24.3 Å². The summed E-state index contributed by atoms with van der Waals surface area (Å²) in [5.41, 5.74) is 1.12. The lowest BCUT2D eigenvalue weighted by atomic mass is 10.2. The van der Waals surface area contributed by atoms with E-state index in [2.05, 4.69) is 20.0 Å². The van der Waals surface area contributed by atoms with Gasteiger partial charge in [0.05, 0.1) is 5.52 Å². The summed E-state index contributed by atoms with van der Waals surface area (Å²) in [7, 11) is 0. The lowest BCUT2D eigenvalue weighted by molar-refractivity contribution is -0.0504. The van der Waals surface area contributed by atoms with Crippen molar-refractivity contribution in [3.8, 4) is 5.75 Å². The number of nitrogens with one attached hydrogen (secondary N) is 1. The van der Waals surface area contributed by atoms with Crippen LogP contribution in [0.4, 0.5) is 19.0 Å². The van der Waals surface area contributed by atoms with E-state index < -0.39 is 12.4 Å². The summed E-state index contributed by atoms with van der Waals surface area (Å²) in [6.45, 7) is -2.70. The molecule has 1 aromatic heterocycles. The molecule has 0 aliphatic carbocycles. The number of halogens is 3. The van der Waals surface area contributed by atoms with Crippen LogP contribution in [0.5, 0.6) is 5.75 Å². The van der Waals surface area contributed by atoms with E-state index >= 15 is 0 Å². The Kier molecular flexibility index (Phi) is 4.27. The molecule has 0 aliphatic heterocycles. The third kappa shape index (κ3) is 3.50. The monoisotopic (exact) mass is 319 g/mol. The van der Waals surface area contributed by atoms with Crippen molar-refractivity contribution >= 4 is 16.7 Å². The molecule has 118 valence electrons. The molecule has 4 nitrogen and oxygen atoms in total. The van der Waals surface area contributed by atoms with Crippen LogP contribution in [-0.2, 0) is 6.54 Å². The minimum Gasteiger partial charge on any atom is -0.434 e. The van der Waals surface area contributed by atoms with Gasteiger partial charge in [-0.05, 0) is 24.3 Å². The van der Waals surface area contributed by atoms with E-state index in [-0.39, 0.29) is 12.3 Å². The predicted octanol–water partition coefficient (Wildman–Crippen LogP) is 3.98. The summed E-state index contributed by atoms with van der Waals surface area (Å²) in [6, 6.07) is 10.6. The van der Waals surface area contributed by atoms with Crippen LogP contribution in [0.1, 0.15) is 5.56 Å². The highest BCUT2D eigenvalue weighted by Crippen LogP contribution is 2.24. The van der Waals surface area contributed by atoms with Gasteiger partial charge in [-0.25, -0.2) is 14.4 Å². The fourth-order valence-corrected chi connectivity index (χ4v) is 2.21.